The van der Waals surface area contributed by atoms with Crippen LogP contribution in [0.3, 0.4) is 0 Å². The Bertz CT molecular complexity index is 333. The van der Waals surface area contributed by atoms with Crippen LogP contribution in [-0.2, 0) is 4.79 Å². The van der Waals surface area contributed by atoms with Gasteiger partial charge in [-0.1, -0.05) is 12.2 Å². The maximum atomic E-state index is 12.0. The Kier molecular flexibility index (Phi) is 2.32. The third-order valence-electron chi connectivity index (χ3n) is 4.55. The SMILES string of the molecule is O=C(NCC1(CO)CC1)C1CC2C=CC1C2. The van der Waals surface area contributed by atoms with Gasteiger partial charge < -0.3 is 10.4 Å². The van der Waals surface area contributed by atoms with Gasteiger partial charge in [0.05, 0.1) is 6.61 Å². The number of carbonyl (C=O) groups excluding carboxylic acids is 1. The number of hydrogen-bond acceptors (Lipinski definition) is 2. The molecular weight excluding hydrogens is 202 g/mol. The Morgan fingerprint density at radius 2 is 2.19 bits per heavy atom. The Balaban J connectivity index is 1.52. The van der Waals surface area contributed by atoms with Crippen LogP contribution >= 0.6 is 0 Å². The molecule has 0 aliphatic heterocycles. The van der Waals surface area contributed by atoms with Gasteiger partial charge >= 0.3 is 0 Å². The fraction of sp³-hybridized carbons (Fsp3) is 0.769. The van der Waals surface area contributed by atoms with E-state index in [1.54, 1.807) is 0 Å². The van der Waals surface area contributed by atoms with Crippen molar-refractivity contribution in [2.45, 2.75) is 25.7 Å². The second-order valence-electron chi connectivity index (χ2n) is 5.76. The lowest BCUT2D eigenvalue weighted by Crippen LogP contribution is -2.37. The van der Waals surface area contributed by atoms with E-state index in [4.69, 9.17) is 0 Å². The minimum Gasteiger partial charge on any atom is -0.396 e. The van der Waals surface area contributed by atoms with Gasteiger partial charge in [-0.15, -0.1) is 0 Å². The number of rotatable bonds is 4. The summed E-state index contributed by atoms with van der Waals surface area (Å²) in [4.78, 5) is 12.0. The summed E-state index contributed by atoms with van der Waals surface area (Å²) in [5.41, 5.74) is 0.0309. The minimum absolute atomic E-state index is 0.0309. The molecule has 1 amide bonds. The monoisotopic (exact) mass is 221 g/mol. The smallest absolute Gasteiger partial charge is 0.223 e. The van der Waals surface area contributed by atoms with Crippen molar-refractivity contribution in [1.29, 1.82) is 0 Å². The number of carbonyl (C=O) groups is 1. The largest absolute Gasteiger partial charge is 0.396 e. The van der Waals surface area contributed by atoms with E-state index in [9.17, 15) is 9.90 Å². The topological polar surface area (TPSA) is 49.3 Å². The van der Waals surface area contributed by atoms with Gasteiger partial charge in [-0.2, -0.15) is 0 Å². The average Bonchev–Trinajstić information content (AvgIpc) is 2.78. The van der Waals surface area contributed by atoms with Gasteiger partial charge in [0.15, 0.2) is 0 Å². The Morgan fingerprint density at radius 1 is 1.38 bits per heavy atom. The summed E-state index contributed by atoms with van der Waals surface area (Å²) < 4.78 is 0. The van der Waals surface area contributed by atoms with Crippen LogP contribution in [0.1, 0.15) is 25.7 Å². The number of fused-ring (bicyclic) bond motifs is 2. The van der Waals surface area contributed by atoms with E-state index in [2.05, 4.69) is 17.5 Å². The van der Waals surface area contributed by atoms with Crippen molar-refractivity contribution < 1.29 is 9.90 Å². The fourth-order valence-corrected chi connectivity index (χ4v) is 3.06. The lowest BCUT2D eigenvalue weighted by atomic mass is 9.92. The van der Waals surface area contributed by atoms with Crippen molar-refractivity contribution in [2.24, 2.45) is 23.2 Å². The Labute approximate surface area is 95.9 Å². The zero-order chi connectivity index (χ0) is 11.2. The number of aliphatic hydroxyl groups excluding tert-OH is 1. The van der Waals surface area contributed by atoms with Crippen molar-refractivity contribution in [3.63, 3.8) is 0 Å². The van der Waals surface area contributed by atoms with Crippen molar-refractivity contribution >= 4 is 5.91 Å². The molecule has 16 heavy (non-hydrogen) atoms. The summed E-state index contributed by atoms with van der Waals surface area (Å²) >= 11 is 0. The zero-order valence-corrected chi connectivity index (χ0v) is 9.48. The van der Waals surface area contributed by atoms with Crippen LogP contribution in [0.25, 0.3) is 0 Å². The second kappa shape index (κ2) is 3.59. The van der Waals surface area contributed by atoms with E-state index in [1.807, 2.05) is 0 Å². The molecule has 2 fully saturated rings. The highest BCUT2D eigenvalue weighted by atomic mass is 16.3. The predicted molar refractivity (Wildman–Crippen MR) is 60.6 cm³/mol. The second-order valence-corrected chi connectivity index (χ2v) is 5.76. The predicted octanol–water partition coefficient (Wildman–Crippen LogP) is 1.09. The molecule has 3 nitrogen and oxygen atoms in total. The summed E-state index contributed by atoms with van der Waals surface area (Å²) in [6.07, 6.45) is 8.77. The van der Waals surface area contributed by atoms with E-state index in [0.29, 0.717) is 18.4 Å². The maximum absolute atomic E-state index is 12.0. The molecule has 2 N–H and O–H groups in total. The van der Waals surface area contributed by atoms with Crippen LogP contribution in [0.15, 0.2) is 12.2 Å². The highest BCUT2D eigenvalue weighted by molar-refractivity contribution is 5.80. The summed E-state index contributed by atoms with van der Waals surface area (Å²) in [6.45, 7) is 0.879. The molecule has 3 unspecified atom stereocenters. The lowest BCUT2D eigenvalue weighted by molar-refractivity contribution is -0.126. The molecule has 0 aromatic carbocycles. The van der Waals surface area contributed by atoms with Gasteiger partial charge in [0.2, 0.25) is 5.91 Å². The average molecular weight is 221 g/mol. The number of amides is 1. The lowest BCUT2D eigenvalue weighted by Gasteiger charge is -2.19. The third kappa shape index (κ3) is 1.67. The molecule has 2 saturated carbocycles. The molecule has 0 spiro atoms. The van der Waals surface area contributed by atoms with E-state index >= 15 is 0 Å². The number of nitrogens with one attached hydrogen (secondary N) is 1. The zero-order valence-electron chi connectivity index (χ0n) is 9.48. The molecule has 3 aliphatic carbocycles. The van der Waals surface area contributed by atoms with Crippen LogP contribution in [0, 0.1) is 23.2 Å². The molecule has 0 heterocycles. The van der Waals surface area contributed by atoms with Gasteiger partial charge in [-0.25, -0.2) is 0 Å². The summed E-state index contributed by atoms with van der Waals surface area (Å²) in [7, 11) is 0. The van der Waals surface area contributed by atoms with Crippen LogP contribution in [0.4, 0.5) is 0 Å². The van der Waals surface area contributed by atoms with Gasteiger partial charge in [-0.3, -0.25) is 4.79 Å². The van der Waals surface area contributed by atoms with Crippen LogP contribution < -0.4 is 5.32 Å². The third-order valence-corrected chi connectivity index (χ3v) is 4.55. The fourth-order valence-electron chi connectivity index (χ4n) is 3.06. The van der Waals surface area contributed by atoms with Gasteiger partial charge in [0.25, 0.3) is 0 Å². The molecule has 3 atom stereocenters. The summed E-state index contributed by atoms with van der Waals surface area (Å²) in [5.74, 6) is 1.53. The van der Waals surface area contributed by atoms with Crippen molar-refractivity contribution in [1.82, 2.24) is 5.32 Å². The van der Waals surface area contributed by atoms with Crippen molar-refractivity contribution in [3.05, 3.63) is 12.2 Å². The van der Waals surface area contributed by atoms with Crippen LogP contribution in [0.2, 0.25) is 0 Å². The first-order valence-corrected chi connectivity index (χ1v) is 6.29. The quantitative estimate of drug-likeness (QED) is 0.698. The van der Waals surface area contributed by atoms with E-state index in [0.717, 1.165) is 19.3 Å². The first kappa shape index (κ1) is 10.3. The standard InChI is InChI=1S/C13H19NO2/c15-8-13(3-4-13)7-14-12(16)11-6-9-1-2-10(11)5-9/h1-2,9-11,15H,3-8H2,(H,14,16). The molecular formula is C13H19NO2. The molecule has 0 aromatic rings. The molecule has 2 bridgehead atoms. The van der Waals surface area contributed by atoms with Crippen molar-refractivity contribution in [3.8, 4) is 0 Å². The molecule has 3 aliphatic rings. The van der Waals surface area contributed by atoms with Crippen molar-refractivity contribution in [2.75, 3.05) is 13.2 Å². The molecule has 0 aromatic heterocycles. The molecule has 0 saturated heterocycles. The molecule has 0 radical (unpaired) electrons. The number of allylic oxidation sites excluding steroid dienone is 2. The van der Waals surface area contributed by atoms with Crippen LogP contribution in [-0.4, -0.2) is 24.2 Å². The highest BCUT2D eigenvalue weighted by Gasteiger charge is 2.44. The first-order valence-electron chi connectivity index (χ1n) is 6.29. The summed E-state index contributed by atoms with van der Waals surface area (Å²) in [6, 6.07) is 0. The van der Waals surface area contributed by atoms with E-state index < -0.39 is 0 Å². The Morgan fingerprint density at radius 3 is 2.69 bits per heavy atom. The van der Waals surface area contributed by atoms with Gasteiger partial charge in [-0.05, 0) is 37.5 Å². The summed E-state index contributed by atoms with van der Waals surface area (Å²) in [5, 5.41) is 12.2. The number of hydrogen-bond donors (Lipinski definition) is 2. The molecule has 3 heteroatoms. The van der Waals surface area contributed by atoms with E-state index in [1.165, 1.54) is 6.42 Å². The highest BCUT2D eigenvalue weighted by Crippen LogP contribution is 2.45. The van der Waals surface area contributed by atoms with E-state index in [-0.39, 0.29) is 23.8 Å². The maximum Gasteiger partial charge on any atom is 0.223 e. The van der Waals surface area contributed by atoms with Gasteiger partial charge in [0.1, 0.15) is 0 Å². The van der Waals surface area contributed by atoms with Crippen LogP contribution in [0.5, 0.6) is 0 Å². The minimum atomic E-state index is 0.0309. The first-order chi connectivity index (χ1) is 7.72. The number of aliphatic hydroxyl groups is 1. The Hall–Kier alpha value is -0.830. The molecule has 3 rings (SSSR count). The molecule has 88 valence electrons. The normalized spacial score (nSPS) is 37.7. The van der Waals surface area contributed by atoms with Gasteiger partial charge in [0, 0.05) is 17.9 Å².